The molecule has 1 aromatic heterocycles. The van der Waals surface area contributed by atoms with Crippen molar-refractivity contribution >= 4 is 27.5 Å². The zero-order valence-corrected chi connectivity index (χ0v) is 21.6. The SMILES string of the molecule is O=C(O)c1ccc(Cn2ccc(NC(=O)C(Oc3ccc(F)cc3F)c3ccc(S(=O)(=O)C4CC4)cc3)n2)cc1. The second-order valence-corrected chi connectivity index (χ2v) is 11.5. The molecule has 12 heteroatoms. The fourth-order valence-corrected chi connectivity index (χ4v) is 5.68. The van der Waals surface area contributed by atoms with Crippen LogP contribution in [0.4, 0.5) is 14.6 Å². The number of rotatable bonds is 10. The van der Waals surface area contributed by atoms with E-state index in [4.69, 9.17) is 9.84 Å². The van der Waals surface area contributed by atoms with Crippen LogP contribution in [0.1, 0.15) is 40.4 Å². The smallest absolute Gasteiger partial charge is 0.335 e. The molecule has 0 aliphatic heterocycles. The summed E-state index contributed by atoms with van der Waals surface area (Å²) in [5, 5.41) is 15.5. The summed E-state index contributed by atoms with van der Waals surface area (Å²) in [6, 6.07) is 16.0. The lowest BCUT2D eigenvalue weighted by Gasteiger charge is -2.19. The molecular weight excluding hydrogens is 544 g/mol. The maximum absolute atomic E-state index is 14.4. The number of hydrogen-bond acceptors (Lipinski definition) is 6. The Hall–Kier alpha value is -4.58. The number of halogens is 2. The highest BCUT2D eigenvalue weighted by molar-refractivity contribution is 7.92. The largest absolute Gasteiger partial charge is 0.478 e. The van der Waals surface area contributed by atoms with E-state index in [0.29, 0.717) is 25.5 Å². The number of sulfone groups is 1. The predicted molar refractivity (Wildman–Crippen MR) is 140 cm³/mol. The van der Waals surface area contributed by atoms with Gasteiger partial charge < -0.3 is 15.2 Å². The van der Waals surface area contributed by atoms with Gasteiger partial charge in [-0.05, 0) is 54.8 Å². The van der Waals surface area contributed by atoms with Crippen LogP contribution in [0.3, 0.4) is 0 Å². The second kappa shape index (κ2) is 10.9. The minimum Gasteiger partial charge on any atom is -0.478 e. The van der Waals surface area contributed by atoms with Gasteiger partial charge in [-0.25, -0.2) is 22.0 Å². The monoisotopic (exact) mass is 567 g/mol. The number of benzene rings is 3. The lowest BCUT2D eigenvalue weighted by atomic mass is 10.1. The summed E-state index contributed by atoms with van der Waals surface area (Å²) in [5.74, 6) is -3.79. The van der Waals surface area contributed by atoms with E-state index in [1.54, 1.807) is 18.3 Å². The second-order valence-electron chi connectivity index (χ2n) is 9.28. The van der Waals surface area contributed by atoms with Crippen molar-refractivity contribution in [2.45, 2.75) is 35.6 Å². The van der Waals surface area contributed by atoms with Gasteiger partial charge in [0.1, 0.15) is 5.82 Å². The van der Waals surface area contributed by atoms with Crippen molar-refractivity contribution in [2.75, 3.05) is 5.32 Å². The minimum atomic E-state index is -3.46. The number of carbonyl (C=O) groups is 2. The predicted octanol–water partition coefficient (Wildman–Crippen LogP) is 4.60. The number of anilines is 1. The quantitative estimate of drug-likeness (QED) is 0.287. The molecule has 206 valence electrons. The number of amides is 1. The van der Waals surface area contributed by atoms with Crippen molar-refractivity contribution < 1.29 is 36.6 Å². The van der Waals surface area contributed by atoms with Crippen LogP contribution in [-0.4, -0.2) is 40.4 Å². The number of carboxylic acid groups (broad SMARTS) is 1. The third kappa shape index (κ3) is 6.01. The molecule has 0 spiro atoms. The van der Waals surface area contributed by atoms with Crippen LogP contribution in [0.25, 0.3) is 0 Å². The number of aromatic carboxylic acids is 1. The van der Waals surface area contributed by atoms with E-state index >= 15 is 0 Å². The van der Waals surface area contributed by atoms with Crippen molar-refractivity contribution in [2.24, 2.45) is 0 Å². The molecule has 1 heterocycles. The normalized spacial score (nSPS) is 13.9. The fraction of sp³-hybridized carbons (Fsp3) is 0.179. The molecule has 1 aliphatic rings. The maximum atomic E-state index is 14.4. The topological polar surface area (TPSA) is 128 Å². The molecule has 1 amide bonds. The number of hydrogen-bond donors (Lipinski definition) is 2. The number of aromatic nitrogens is 2. The van der Waals surface area contributed by atoms with Gasteiger partial charge in [0.25, 0.3) is 5.91 Å². The molecule has 1 saturated carbocycles. The van der Waals surface area contributed by atoms with Crippen LogP contribution in [0.2, 0.25) is 0 Å². The summed E-state index contributed by atoms with van der Waals surface area (Å²) in [6.45, 7) is 0.299. The molecule has 3 aromatic carbocycles. The van der Waals surface area contributed by atoms with E-state index in [1.807, 2.05) is 0 Å². The number of nitrogens with zero attached hydrogens (tertiary/aromatic N) is 2. The summed E-state index contributed by atoms with van der Waals surface area (Å²) < 4.78 is 60.1. The highest BCUT2D eigenvalue weighted by Crippen LogP contribution is 2.34. The van der Waals surface area contributed by atoms with Gasteiger partial charge in [-0.2, -0.15) is 5.10 Å². The van der Waals surface area contributed by atoms with Gasteiger partial charge >= 0.3 is 5.97 Å². The Balaban J connectivity index is 1.36. The zero-order valence-electron chi connectivity index (χ0n) is 20.8. The average Bonchev–Trinajstić information content (AvgIpc) is 3.70. The number of ether oxygens (including phenoxy) is 1. The first kappa shape index (κ1) is 27.0. The maximum Gasteiger partial charge on any atom is 0.335 e. The first-order valence-corrected chi connectivity index (χ1v) is 13.8. The van der Waals surface area contributed by atoms with Gasteiger partial charge in [-0.15, -0.1) is 0 Å². The van der Waals surface area contributed by atoms with Crippen LogP contribution in [0.15, 0.2) is 83.9 Å². The Bertz CT molecular complexity index is 1670. The Morgan fingerprint density at radius 3 is 2.35 bits per heavy atom. The molecule has 40 heavy (non-hydrogen) atoms. The Morgan fingerprint density at radius 2 is 1.73 bits per heavy atom. The van der Waals surface area contributed by atoms with Gasteiger partial charge in [-0.1, -0.05) is 24.3 Å². The van der Waals surface area contributed by atoms with E-state index in [-0.39, 0.29) is 27.6 Å². The molecular formula is C28H23F2N3O6S. The van der Waals surface area contributed by atoms with Crippen LogP contribution >= 0.6 is 0 Å². The van der Waals surface area contributed by atoms with Gasteiger partial charge in [0.05, 0.1) is 22.3 Å². The summed E-state index contributed by atoms with van der Waals surface area (Å²) in [6.07, 6.45) is 1.38. The molecule has 5 rings (SSSR count). The fourth-order valence-electron chi connectivity index (χ4n) is 4.02. The molecule has 1 unspecified atom stereocenters. The molecule has 4 aromatic rings. The van der Waals surface area contributed by atoms with E-state index in [0.717, 1.165) is 17.7 Å². The zero-order chi connectivity index (χ0) is 28.4. The standard InChI is InChI=1S/C28H23F2N3O6S/c29-20-7-12-24(23(30)15-20)39-26(18-5-8-21(9-6-18)40(37,38)22-10-11-22)27(34)31-25-13-14-33(32-25)16-17-1-3-19(4-2-17)28(35)36/h1-9,12-15,22,26H,10-11,16H2,(H,35,36)(H,31,32,34). The molecule has 9 nitrogen and oxygen atoms in total. The highest BCUT2D eigenvalue weighted by atomic mass is 32.2. The highest BCUT2D eigenvalue weighted by Gasteiger charge is 2.37. The summed E-state index contributed by atoms with van der Waals surface area (Å²) in [4.78, 5) is 24.5. The van der Waals surface area contributed by atoms with E-state index < -0.39 is 44.7 Å². The molecule has 0 radical (unpaired) electrons. The van der Waals surface area contributed by atoms with Crippen LogP contribution in [0, 0.1) is 11.6 Å². The van der Waals surface area contributed by atoms with Gasteiger partial charge in [0.15, 0.2) is 27.2 Å². The van der Waals surface area contributed by atoms with E-state index in [2.05, 4.69) is 10.4 Å². The Kier molecular flexibility index (Phi) is 7.35. The molecule has 1 aliphatic carbocycles. The minimum absolute atomic E-state index is 0.112. The number of carbonyl (C=O) groups excluding carboxylic acids is 1. The van der Waals surface area contributed by atoms with Crippen molar-refractivity contribution in [3.8, 4) is 5.75 Å². The van der Waals surface area contributed by atoms with Crippen molar-refractivity contribution in [3.05, 3.63) is 107 Å². The Morgan fingerprint density at radius 1 is 1.02 bits per heavy atom. The lowest BCUT2D eigenvalue weighted by molar-refractivity contribution is -0.123. The van der Waals surface area contributed by atoms with Crippen LogP contribution in [0.5, 0.6) is 5.75 Å². The summed E-state index contributed by atoms with van der Waals surface area (Å²) in [5.41, 5.74) is 1.17. The number of nitrogens with one attached hydrogen (secondary N) is 1. The van der Waals surface area contributed by atoms with Gasteiger partial charge in [0.2, 0.25) is 6.10 Å². The number of carboxylic acids is 1. The molecule has 2 N–H and O–H groups in total. The Labute approximate surface area is 227 Å². The summed E-state index contributed by atoms with van der Waals surface area (Å²) >= 11 is 0. The molecule has 0 saturated heterocycles. The van der Waals surface area contributed by atoms with Crippen molar-refractivity contribution in [1.29, 1.82) is 0 Å². The molecule has 1 atom stereocenters. The van der Waals surface area contributed by atoms with Crippen molar-refractivity contribution in [3.63, 3.8) is 0 Å². The lowest BCUT2D eigenvalue weighted by Crippen LogP contribution is -2.26. The third-order valence-electron chi connectivity index (χ3n) is 6.29. The van der Waals surface area contributed by atoms with E-state index in [1.165, 1.54) is 47.1 Å². The van der Waals surface area contributed by atoms with Crippen LogP contribution < -0.4 is 10.1 Å². The van der Waals surface area contributed by atoms with E-state index in [9.17, 15) is 26.8 Å². The van der Waals surface area contributed by atoms with Gasteiger partial charge in [-0.3, -0.25) is 9.48 Å². The van der Waals surface area contributed by atoms with Crippen molar-refractivity contribution in [1.82, 2.24) is 9.78 Å². The summed E-state index contributed by atoms with van der Waals surface area (Å²) in [7, 11) is -3.46. The first-order valence-electron chi connectivity index (χ1n) is 12.2. The van der Waals surface area contributed by atoms with Crippen LogP contribution in [-0.2, 0) is 21.2 Å². The van der Waals surface area contributed by atoms with Gasteiger partial charge in [0, 0.05) is 23.9 Å². The molecule has 1 fully saturated rings. The molecule has 0 bridgehead atoms. The first-order chi connectivity index (χ1) is 19.1. The third-order valence-corrected chi connectivity index (χ3v) is 8.57. The average molecular weight is 568 g/mol.